The highest BCUT2D eigenvalue weighted by molar-refractivity contribution is 5.95. The van der Waals surface area contributed by atoms with E-state index >= 15 is 0 Å². The van der Waals surface area contributed by atoms with Crippen LogP contribution in [0.25, 0.3) is 0 Å². The van der Waals surface area contributed by atoms with Crippen LogP contribution in [-0.2, 0) is 0 Å². The number of ketones is 1. The lowest BCUT2D eigenvalue weighted by Crippen LogP contribution is -1.93. The van der Waals surface area contributed by atoms with Gasteiger partial charge in [0.25, 0.3) is 0 Å². The van der Waals surface area contributed by atoms with Gasteiger partial charge < -0.3 is 5.73 Å². The number of benzene rings is 1. The van der Waals surface area contributed by atoms with Gasteiger partial charge in [-0.05, 0) is 26.0 Å². The first kappa shape index (κ1) is 16.3. The zero-order chi connectivity index (χ0) is 12.3. The van der Waals surface area contributed by atoms with Crippen molar-refractivity contribution in [1.29, 1.82) is 0 Å². The topological polar surface area (TPSA) is 43.1 Å². The van der Waals surface area contributed by atoms with E-state index < -0.39 is 0 Å². The fraction of sp³-hybridized carbons (Fsp3) is 0.462. The van der Waals surface area contributed by atoms with Gasteiger partial charge in [-0.1, -0.05) is 45.0 Å². The van der Waals surface area contributed by atoms with Crippen LogP contribution in [0.15, 0.2) is 24.3 Å². The molecule has 0 bridgehead atoms. The summed E-state index contributed by atoms with van der Waals surface area (Å²) < 4.78 is 0. The second-order valence-corrected chi connectivity index (χ2v) is 2.78. The Morgan fingerprint density at radius 1 is 1.27 bits per heavy atom. The van der Waals surface area contributed by atoms with E-state index in [2.05, 4.69) is 0 Å². The van der Waals surface area contributed by atoms with Crippen LogP contribution in [0.2, 0.25) is 0 Å². The third-order valence-electron chi connectivity index (χ3n) is 1.52. The number of carbonyl (C=O) groups is 1. The minimum Gasteiger partial charge on any atom is -0.331 e. The van der Waals surface area contributed by atoms with E-state index in [0.29, 0.717) is 0 Å². The van der Waals surface area contributed by atoms with Crippen molar-refractivity contribution in [2.75, 3.05) is 6.54 Å². The fourth-order valence-corrected chi connectivity index (χ4v) is 0.968. The highest BCUT2D eigenvalue weighted by Gasteiger charge is 1.99. The molecule has 0 fully saturated rings. The van der Waals surface area contributed by atoms with Gasteiger partial charge in [0, 0.05) is 5.56 Å². The molecule has 0 amide bonds. The first-order valence-electron chi connectivity index (χ1n) is 5.40. The third kappa shape index (κ3) is 7.89. The molecule has 0 aliphatic rings. The normalized spacial score (nSPS) is 7.87. The molecule has 0 aliphatic carbocycles. The molecule has 15 heavy (non-hydrogen) atoms. The largest absolute Gasteiger partial charge is 0.331 e. The summed E-state index contributed by atoms with van der Waals surface area (Å²) in [4.78, 5) is 10.9. The predicted molar refractivity (Wildman–Crippen MR) is 67.3 cm³/mol. The van der Waals surface area contributed by atoms with Crippen LogP contribution in [-0.4, -0.2) is 12.3 Å². The lowest BCUT2D eigenvalue weighted by atomic mass is 10.1. The van der Waals surface area contributed by atoms with Gasteiger partial charge in [0.2, 0.25) is 0 Å². The molecule has 0 aliphatic heterocycles. The molecule has 86 valence electrons. The van der Waals surface area contributed by atoms with Gasteiger partial charge in [0.1, 0.15) is 0 Å². The van der Waals surface area contributed by atoms with Gasteiger partial charge in [-0.15, -0.1) is 0 Å². The van der Waals surface area contributed by atoms with Gasteiger partial charge in [-0.25, -0.2) is 0 Å². The Morgan fingerprint density at radius 2 is 1.67 bits per heavy atom. The molecule has 0 radical (unpaired) electrons. The van der Waals surface area contributed by atoms with Crippen molar-refractivity contribution in [3.05, 3.63) is 35.4 Å². The lowest BCUT2D eigenvalue weighted by Gasteiger charge is -1.97. The highest BCUT2D eigenvalue weighted by atomic mass is 16.1. The van der Waals surface area contributed by atoms with E-state index in [1.165, 1.54) is 0 Å². The van der Waals surface area contributed by atoms with Crippen LogP contribution in [0.4, 0.5) is 0 Å². The first-order chi connectivity index (χ1) is 7.13. The predicted octanol–water partition coefficient (Wildman–Crippen LogP) is 3.19. The Hall–Kier alpha value is -1.15. The summed E-state index contributed by atoms with van der Waals surface area (Å²) in [5, 5.41) is 0. The van der Waals surface area contributed by atoms with E-state index in [-0.39, 0.29) is 5.78 Å². The van der Waals surface area contributed by atoms with E-state index in [9.17, 15) is 4.79 Å². The Bertz CT molecular complexity index is 269. The molecule has 0 aromatic heterocycles. The highest BCUT2D eigenvalue weighted by Crippen LogP contribution is 2.06. The standard InChI is InChI=1S/C9H10O.C2H7N.C2H6/c1-7-5-3-4-6-9(7)8(2)10;1-2-3;1-2/h3-6H,1-2H3;2-3H2,1H3;1-2H3. The number of aryl methyl sites for hydroxylation is 1. The minimum absolute atomic E-state index is 0.137. The smallest absolute Gasteiger partial charge is 0.160 e. The molecule has 0 heterocycles. The summed E-state index contributed by atoms with van der Waals surface area (Å²) in [5.41, 5.74) is 6.72. The molecule has 1 rings (SSSR count). The third-order valence-corrected chi connectivity index (χ3v) is 1.52. The Balaban J connectivity index is 0. The molecule has 2 heteroatoms. The van der Waals surface area contributed by atoms with Crippen molar-refractivity contribution >= 4 is 5.78 Å². The number of rotatable bonds is 1. The molecule has 0 atom stereocenters. The lowest BCUT2D eigenvalue weighted by molar-refractivity contribution is 0.101. The molecule has 2 N–H and O–H groups in total. The summed E-state index contributed by atoms with van der Waals surface area (Å²) in [6.45, 7) is 10.2. The molecule has 2 nitrogen and oxygen atoms in total. The maximum Gasteiger partial charge on any atom is 0.160 e. The van der Waals surface area contributed by atoms with Crippen LogP contribution in [0, 0.1) is 6.92 Å². The van der Waals surface area contributed by atoms with Gasteiger partial charge in [-0.3, -0.25) is 4.79 Å². The van der Waals surface area contributed by atoms with E-state index in [1.807, 2.05) is 52.0 Å². The summed E-state index contributed by atoms with van der Waals surface area (Å²) in [6.07, 6.45) is 0. The Morgan fingerprint density at radius 3 is 1.93 bits per heavy atom. The van der Waals surface area contributed by atoms with E-state index in [0.717, 1.165) is 17.7 Å². The van der Waals surface area contributed by atoms with Gasteiger partial charge >= 0.3 is 0 Å². The Labute approximate surface area is 93.5 Å². The summed E-state index contributed by atoms with van der Waals surface area (Å²) in [5.74, 6) is 0.137. The first-order valence-corrected chi connectivity index (χ1v) is 5.40. The van der Waals surface area contributed by atoms with E-state index in [1.54, 1.807) is 6.92 Å². The monoisotopic (exact) mass is 209 g/mol. The van der Waals surface area contributed by atoms with Gasteiger partial charge in [0.15, 0.2) is 5.78 Å². The molecule has 0 saturated heterocycles. The molecular formula is C13H23NO. The number of Topliss-reactive ketones (excluding diaryl/α,β-unsaturated/α-hetero) is 1. The number of nitrogens with two attached hydrogens (primary N) is 1. The van der Waals surface area contributed by atoms with Crippen molar-refractivity contribution < 1.29 is 4.79 Å². The van der Waals surface area contributed by atoms with Gasteiger partial charge in [-0.2, -0.15) is 0 Å². The molecule has 0 spiro atoms. The minimum atomic E-state index is 0.137. The molecular weight excluding hydrogens is 186 g/mol. The van der Waals surface area contributed by atoms with Crippen molar-refractivity contribution in [2.45, 2.75) is 34.6 Å². The number of carbonyl (C=O) groups excluding carboxylic acids is 1. The zero-order valence-electron chi connectivity index (χ0n) is 10.5. The zero-order valence-corrected chi connectivity index (χ0v) is 10.5. The van der Waals surface area contributed by atoms with Crippen LogP contribution in [0.1, 0.15) is 43.6 Å². The second-order valence-electron chi connectivity index (χ2n) is 2.78. The maximum atomic E-state index is 10.9. The van der Waals surface area contributed by atoms with E-state index in [4.69, 9.17) is 5.73 Å². The van der Waals surface area contributed by atoms with Crippen LogP contribution < -0.4 is 5.73 Å². The molecule has 1 aromatic carbocycles. The SMILES string of the molecule is CC.CC(=O)c1ccccc1C.CCN. The maximum absolute atomic E-state index is 10.9. The Kier molecular flexibility index (Phi) is 11.9. The second kappa shape index (κ2) is 10.9. The molecule has 0 saturated carbocycles. The van der Waals surface area contributed by atoms with Crippen molar-refractivity contribution in [1.82, 2.24) is 0 Å². The average molecular weight is 209 g/mol. The number of hydrogen-bond acceptors (Lipinski definition) is 2. The van der Waals surface area contributed by atoms with Gasteiger partial charge in [0.05, 0.1) is 0 Å². The molecule has 1 aromatic rings. The summed E-state index contributed by atoms with van der Waals surface area (Å²) >= 11 is 0. The van der Waals surface area contributed by atoms with Crippen LogP contribution in [0.5, 0.6) is 0 Å². The summed E-state index contributed by atoms with van der Waals surface area (Å²) in [6, 6.07) is 7.60. The van der Waals surface area contributed by atoms with Crippen molar-refractivity contribution in [3.8, 4) is 0 Å². The average Bonchev–Trinajstić information content (AvgIpc) is 2.22. The molecule has 0 unspecified atom stereocenters. The number of hydrogen-bond donors (Lipinski definition) is 1. The van der Waals surface area contributed by atoms with Crippen molar-refractivity contribution in [3.63, 3.8) is 0 Å². The fourth-order valence-electron chi connectivity index (χ4n) is 0.968. The van der Waals surface area contributed by atoms with Crippen LogP contribution >= 0.6 is 0 Å². The quantitative estimate of drug-likeness (QED) is 0.722. The van der Waals surface area contributed by atoms with Crippen LogP contribution in [0.3, 0.4) is 0 Å². The summed E-state index contributed by atoms with van der Waals surface area (Å²) in [7, 11) is 0. The van der Waals surface area contributed by atoms with Crippen molar-refractivity contribution in [2.24, 2.45) is 5.73 Å².